The quantitative estimate of drug-likeness (QED) is 0.249. The molecule has 0 spiro atoms. The summed E-state index contributed by atoms with van der Waals surface area (Å²) in [7, 11) is 1.57. The summed E-state index contributed by atoms with van der Waals surface area (Å²) in [4.78, 5) is 17.5. The fourth-order valence-electron chi connectivity index (χ4n) is 4.68. The standard InChI is InChI=1S/C28H27F3N8O/c1-16(2)38-14-21(28(29,30)31)35-26(38)19-8-6-17(7-9-19)13-32-24-20-5-4-12-39(20)37-25(36-24)22-23(18-10-11-18)33-15-34-27(22)40-3/h4-9,12,14-16,18H,10-11,13H2,1-3H3,(H,32,36,37). The lowest BCUT2D eigenvalue weighted by atomic mass is 10.1. The molecule has 12 heteroatoms. The van der Waals surface area contributed by atoms with E-state index >= 15 is 0 Å². The molecule has 206 valence electrons. The number of methoxy groups -OCH3 is 1. The summed E-state index contributed by atoms with van der Waals surface area (Å²) >= 11 is 0. The van der Waals surface area contributed by atoms with Crippen LogP contribution in [0.25, 0.3) is 28.3 Å². The molecule has 0 aliphatic heterocycles. The van der Waals surface area contributed by atoms with Gasteiger partial charge in [0.25, 0.3) is 0 Å². The Kier molecular flexibility index (Phi) is 6.40. The van der Waals surface area contributed by atoms with E-state index in [1.807, 2.05) is 44.3 Å². The molecule has 1 aliphatic rings. The van der Waals surface area contributed by atoms with Crippen LogP contribution in [0.3, 0.4) is 0 Å². The molecule has 0 amide bonds. The molecule has 1 saturated carbocycles. The van der Waals surface area contributed by atoms with Crippen molar-refractivity contribution in [2.24, 2.45) is 0 Å². The van der Waals surface area contributed by atoms with Crippen molar-refractivity contribution in [1.29, 1.82) is 0 Å². The SMILES string of the molecule is COc1ncnc(C2CC2)c1-c1nc(NCc2ccc(-c3nc(C(F)(F)F)cn3C(C)C)cc2)c2cccn2n1. The summed E-state index contributed by atoms with van der Waals surface area (Å²) in [6.45, 7) is 4.08. The number of aromatic nitrogens is 7. The maximum absolute atomic E-state index is 13.3. The molecule has 40 heavy (non-hydrogen) atoms. The van der Waals surface area contributed by atoms with E-state index in [1.54, 1.807) is 28.3 Å². The van der Waals surface area contributed by atoms with Crippen LogP contribution in [0.4, 0.5) is 19.0 Å². The molecular formula is C28H27F3N8O. The minimum Gasteiger partial charge on any atom is -0.480 e. The van der Waals surface area contributed by atoms with Gasteiger partial charge in [0.05, 0.1) is 12.8 Å². The number of hydrogen-bond acceptors (Lipinski definition) is 7. The fourth-order valence-corrected chi connectivity index (χ4v) is 4.68. The highest BCUT2D eigenvalue weighted by Crippen LogP contribution is 2.45. The van der Waals surface area contributed by atoms with E-state index in [9.17, 15) is 13.2 Å². The minimum atomic E-state index is -4.51. The fraction of sp³-hybridized carbons (Fsp3) is 0.321. The Morgan fingerprint density at radius 1 is 1.07 bits per heavy atom. The van der Waals surface area contributed by atoms with Gasteiger partial charge in [0.2, 0.25) is 5.88 Å². The van der Waals surface area contributed by atoms with Crippen molar-refractivity contribution in [1.82, 2.24) is 34.1 Å². The number of anilines is 1. The summed E-state index contributed by atoms with van der Waals surface area (Å²) in [5.74, 6) is 2.13. The van der Waals surface area contributed by atoms with Crippen LogP contribution >= 0.6 is 0 Å². The van der Waals surface area contributed by atoms with Crippen molar-refractivity contribution >= 4 is 11.3 Å². The smallest absolute Gasteiger partial charge is 0.434 e. The molecule has 1 aliphatic carbocycles. The van der Waals surface area contributed by atoms with Crippen molar-refractivity contribution in [3.8, 4) is 28.7 Å². The molecule has 0 atom stereocenters. The monoisotopic (exact) mass is 548 g/mol. The third-order valence-electron chi connectivity index (χ3n) is 6.86. The molecule has 4 heterocycles. The van der Waals surface area contributed by atoms with Crippen molar-refractivity contribution in [3.63, 3.8) is 0 Å². The third-order valence-corrected chi connectivity index (χ3v) is 6.86. The van der Waals surface area contributed by atoms with E-state index in [-0.39, 0.29) is 11.9 Å². The molecule has 4 aromatic heterocycles. The van der Waals surface area contributed by atoms with E-state index in [0.717, 1.165) is 35.8 Å². The lowest BCUT2D eigenvalue weighted by molar-refractivity contribution is -0.140. The number of hydrogen-bond donors (Lipinski definition) is 1. The van der Waals surface area contributed by atoms with E-state index < -0.39 is 11.9 Å². The number of rotatable bonds is 8. The summed E-state index contributed by atoms with van der Waals surface area (Å²) < 4.78 is 48.8. The summed E-state index contributed by atoms with van der Waals surface area (Å²) in [6.07, 6.45) is 2.01. The normalized spacial score (nSPS) is 13.8. The highest BCUT2D eigenvalue weighted by atomic mass is 19.4. The third kappa shape index (κ3) is 4.85. The van der Waals surface area contributed by atoms with Crippen LogP contribution in [0.1, 0.15) is 55.6 Å². The Balaban J connectivity index is 1.29. The molecule has 0 saturated heterocycles. The van der Waals surface area contributed by atoms with Crippen LogP contribution in [0.5, 0.6) is 5.88 Å². The second-order valence-corrected chi connectivity index (χ2v) is 10.0. The van der Waals surface area contributed by atoms with Crippen LogP contribution in [0, 0.1) is 0 Å². The largest absolute Gasteiger partial charge is 0.480 e. The zero-order valence-electron chi connectivity index (χ0n) is 22.1. The van der Waals surface area contributed by atoms with Gasteiger partial charge in [-0.2, -0.15) is 13.2 Å². The number of alkyl halides is 3. The summed E-state index contributed by atoms with van der Waals surface area (Å²) in [5, 5.41) is 8.10. The molecule has 9 nitrogen and oxygen atoms in total. The van der Waals surface area contributed by atoms with Crippen LogP contribution in [0.15, 0.2) is 55.1 Å². The van der Waals surface area contributed by atoms with Crippen molar-refractivity contribution in [3.05, 3.63) is 72.1 Å². The Morgan fingerprint density at radius 2 is 1.85 bits per heavy atom. The molecule has 5 aromatic rings. The number of nitrogens with one attached hydrogen (secondary N) is 1. The van der Waals surface area contributed by atoms with Gasteiger partial charge in [-0.1, -0.05) is 24.3 Å². The average molecular weight is 549 g/mol. The minimum absolute atomic E-state index is 0.176. The lowest BCUT2D eigenvalue weighted by Gasteiger charge is -2.14. The van der Waals surface area contributed by atoms with Crippen LogP contribution in [-0.4, -0.2) is 41.2 Å². The van der Waals surface area contributed by atoms with Crippen molar-refractivity contribution < 1.29 is 17.9 Å². The lowest BCUT2D eigenvalue weighted by Crippen LogP contribution is -2.09. The van der Waals surface area contributed by atoms with Crippen molar-refractivity contribution in [2.45, 2.75) is 51.4 Å². The number of imidazole rings is 1. The first-order valence-electron chi connectivity index (χ1n) is 13.0. The maximum atomic E-state index is 13.3. The van der Waals surface area contributed by atoms with E-state index in [4.69, 9.17) is 14.8 Å². The highest BCUT2D eigenvalue weighted by Gasteiger charge is 2.35. The second-order valence-electron chi connectivity index (χ2n) is 10.0. The van der Waals surface area contributed by atoms with Crippen LogP contribution in [-0.2, 0) is 12.7 Å². The molecule has 0 bridgehead atoms. The highest BCUT2D eigenvalue weighted by molar-refractivity contribution is 5.73. The Bertz CT molecular complexity index is 1670. The first kappa shape index (κ1) is 25.8. The summed E-state index contributed by atoms with van der Waals surface area (Å²) in [6, 6.07) is 10.9. The average Bonchev–Trinajstić information content (AvgIpc) is 3.48. The Hall–Kier alpha value is -4.48. The van der Waals surface area contributed by atoms with E-state index in [0.29, 0.717) is 41.1 Å². The van der Waals surface area contributed by atoms with E-state index in [1.165, 1.54) is 6.33 Å². The molecule has 6 rings (SSSR count). The van der Waals surface area contributed by atoms with Crippen LogP contribution < -0.4 is 10.1 Å². The molecule has 1 aromatic carbocycles. The molecule has 0 unspecified atom stereocenters. The molecule has 1 N–H and O–H groups in total. The first-order chi connectivity index (χ1) is 19.2. The van der Waals surface area contributed by atoms with Crippen molar-refractivity contribution in [2.75, 3.05) is 12.4 Å². The topological polar surface area (TPSA) is 95.0 Å². The number of benzene rings is 1. The predicted octanol–water partition coefficient (Wildman–Crippen LogP) is 6.15. The predicted molar refractivity (Wildman–Crippen MR) is 143 cm³/mol. The van der Waals surface area contributed by atoms with Gasteiger partial charge in [-0.15, -0.1) is 5.10 Å². The summed E-state index contributed by atoms with van der Waals surface area (Å²) in [5.41, 5.74) is 3.00. The van der Waals surface area contributed by atoms with Gasteiger partial charge in [-0.3, -0.25) is 0 Å². The number of fused-ring (bicyclic) bond motifs is 1. The molecule has 1 fully saturated rings. The van der Waals surface area contributed by atoms with Gasteiger partial charge < -0.3 is 14.6 Å². The van der Waals surface area contributed by atoms with Gasteiger partial charge >= 0.3 is 6.18 Å². The van der Waals surface area contributed by atoms with Gasteiger partial charge in [0, 0.05) is 36.5 Å². The van der Waals surface area contributed by atoms with Crippen LogP contribution in [0.2, 0.25) is 0 Å². The zero-order chi connectivity index (χ0) is 28.0. The van der Waals surface area contributed by atoms with Gasteiger partial charge in [0.15, 0.2) is 17.3 Å². The van der Waals surface area contributed by atoms with E-state index in [2.05, 4.69) is 20.3 Å². The Labute approximate surface area is 228 Å². The van der Waals surface area contributed by atoms with Gasteiger partial charge in [-0.25, -0.2) is 24.5 Å². The molecular weight excluding hydrogens is 521 g/mol. The number of nitrogens with zero attached hydrogens (tertiary/aromatic N) is 7. The second kappa shape index (κ2) is 9.92. The first-order valence-corrected chi connectivity index (χ1v) is 13.0. The Morgan fingerprint density at radius 3 is 2.52 bits per heavy atom. The van der Waals surface area contributed by atoms with Gasteiger partial charge in [-0.05, 0) is 44.4 Å². The maximum Gasteiger partial charge on any atom is 0.434 e. The molecule has 0 radical (unpaired) electrons. The number of ether oxygens (including phenoxy) is 1. The zero-order valence-corrected chi connectivity index (χ0v) is 22.1. The van der Waals surface area contributed by atoms with Gasteiger partial charge in [0.1, 0.15) is 23.2 Å². The number of halogens is 3.